The summed E-state index contributed by atoms with van der Waals surface area (Å²) >= 11 is 0. The smallest absolute Gasteiger partial charge is 0.330 e. The molecule has 2 unspecified atom stereocenters. The van der Waals surface area contributed by atoms with Gasteiger partial charge in [0.25, 0.3) is 0 Å². The molecule has 0 bridgehead atoms. The van der Waals surface area contributed by atoms with Crippen LogP contribution in [0.25, 0.3) is 0 Å². The molecule has 0 aromatic heterocycles. The van der Waals surface area contributed by atoms with Crippen molar-refractivity contribution in [2.45, 2.75) is 50.7 Å². The first-order chi connectivity index (χ1) is 8.73. The normalized spacial score (nSPS) is 25.5. The molecule has 0 saturated heterocycles. The summed E-state index contributed by atoms with van der Waals surface area (Å²) in [5.74, 6) is -0.397. The fraction of sp³-hybridized carbons (Fsp3) is 1.00. The SMILES string of the molecule is NCC1CCCCC1NS(=O)(=O)CCCC(F)(F)F. The molecule has 0 amide bonds. The summed E-state index contributed by atoms with van der Waals surface area (Å²) < 4.78 is 61.9. The van der Waals surface area contributed by atoms with Gasteiger partial charge in [0.2, 0.25) is 10.0 Å². The maximum Gasteiger partial charge on any atom is 0.389 e. The Hall–Kier alpha value is -0.340. The van der Waals surface area contributed by atoms with Crippen LogP contribution in [0.3, 0.4) is 0 Å². The zero-order chi connectivity index (χ0) is 14.5. The van der Waals surface area contributed by atoms with Crippen LogP contribution in [0.4, 0.5) is 13.2 Å². The van der Waals surface area contributed by atoms with E-state index in [1.54, 1.807) is 0 Å². The summed E-state index contributed by atoms with van der Waals surface area (Å²) in [7, 11) is -3.65. The lowest BCUT2D eigenvalue weighted by Crippen LogP contribution is -2.45. The van der Waals surface area contributed by atoms with E-state index in [1.165, 1.54) is 0 Å². The van der Waals surface area contributed by atoms with Crippen molar-refractivity contribution >= 4 is 10.0 Å². The van der Waals surface area contributed by atoms with Gasteiger partial charge in [-0.2, -0.15) is 13.2 Å². The largest absolute Gasteiger partial charge is 0.389 e. The van der Waals surface area contributed by atoms with E-state index < -0.39 is 34.8 Å². The van der Waals surface area contributed by atoms with Gasteiger partial charge in [0.15, 0.2) is 0 Å². The summed E-state index contributed by atoms with van der Waals surface area (Å²) in [6.45, 7) is 0.399. The van der Waals surface area contributed by atoms with Crippen molar-refractivity contribution in [2.24, 2.45) is 11.7 Å². The highest BCUT2D eigenvalue weighted by atomic mass is 32.2. The Morgan fingerprint density at radius 1 is 1.21 bits per heavy atom. The number of nitrogens with one attached hydrogen (secondary N) is 1. The zero-order valence-electron chi connectivity index (χ0n) is 10.7. The monoisotopic (exact) mass is 302 g/mol. The van der Waals surface area contributed by atoms with Crippen molar-refractivity contribution in [1.29, 1.82) is 0 Å². The Morgan fingerprint density at radius 2 is 1.84 bits per heavy atom. The van der Waals surface area contributed by atoms with Crippen molar-refractivity contribution in [3.8, 4) is 0 Å². The minimum atomic E-state index is -4.31. The van der Waals surface area contributed by atoms with Crippen LogP contribution in [-0.2, 0) is 10.0 Å². The van der Waals surface area contributed by atoms with E-state index in [1.807, 2.05) is 0 Å². The molecule has 0 radical (unpaired) electrons. The van der Waals surface area contributed by atoms with Crippen LogP contribution in [0.2, 0.25) is 0 Å². The standard InChI is InChI=1S/C11H21F3N2O2S/c12-11(13,14)6-3-7-19(17,18)16-10-5-2-1-4-9(10)8-15/h9-10,16H,1-8,15H2. The van der Waals surface area contributed by atoms with Gasteiger partial charge in [0.1, 0.15) is 0 Å². The Bertz CT molecular complexity index is 371. The Morgan fingerprint density at radius 3 is 2.42 bits per heavy atom. The molecule has 114 valence electrons. The van der Waals surface area contributed by atoms with Crippen LogP contribution in [0.1, 0.15) is 38.5 Å². The highest BCUT2D eigenvalue weighted by molar-refractivity contribution is 7.89. The van der Waals surface area contributed by atoms with Gasteiger partial charge in [0.05, 0.1) is 5.75 Å². The maximum absolute atomic E-state index is 12.0. The lowest BCUT2D eigenvalue weighted by Gasteiger charge is -2.31. The van der Waals surface area contributed by atoms with Crippen molar-refractivity contribution in [3.05, 3.63) is 0 Å². The highest BCUT2D eigenvalue weighted by Gasteiger charge is 2.30. The van der Waals surface area contributed by atoms with E-state index in [2.05, 4.69) is 4.72 Å². The van der Waals surface area contributed by atoms with E-state index in [4.69, 9.17) is 5.73 Å². The van der Waals surface area contributed by atoms with Gasteiger partial charge >= 0.3 is 6.18 Å². The number of hydrogen-bond donors (Lipinski definition) is 2. The number of rotatable bonds is 6. The average molecular weight is 302 g/mol. The van der Waals surface area contributed by atoms with Gasteiger partial charge in [-0.1, -0.05) is 12.8 Å². The summed E-state index contributed by atoms with van der Waals surface area (Å²) in [6, 6.07) is -0.227. The molecule has 0 aliphatic heterocycles. The second-order valence-electron chi connectivity index (χ2n) is 5.04. The number of hydrogen-bond acceptors (Lipinski definition) is 3. The molecule has 1 saturated carbocycles. The molecule has 0 heterocycles. The topological polar surface area (TPSA) is 72.2 Å². The van der Waals surface area contributed by atoms with Crippen LogP contribution in [0.5, 0.6) is 0 Å². The second kappa shape index (κ2) is 6.90. The first-order valence-electron chi connectivity index (χ1n) is 6.50. The molecular formula is C11H21F3N2O2S. The summed E-state index contributed by atoms with van der Waals surface area (Å²) in [5.41, 5.74) is 5.59. The Kier molecular flexibility index (Phi) is 6.07. The molecule has 1 aliphatic rings. The highest BCUT2D eigenvalue weighted by Crippen LogP contribution is 2.25. The van der Waals surface area contributed by atoms with Crippen LogP contribution in [0.15, 0.2) is 0 Å². The molecule has 0 aromatic rings. The molecule has 1 fully saturated rings. The lowest BCUT2D eigenvalue weighted by molar-refractivity contribution is -0.134. The van der Waals surface area contributed by atoms with Crippen molar-refractivity contribution < 1.29 is 21.6 Å². The fourth-order valence-electron chi connectivity index (χ4n) is 2.40. The Balaban J connectivity index is 2.44. The quantitative estimate of drug-likeness (QED) is 0.785. The number of sulfonamides is 1. The van der Waals surface area contributed by atoms with Crippen LogP contribution >= 0.6 is 0 Å². The van der Waals surface area contributed by atoms with Gasteiger partial charge < -0.3 is 5.73 Å². The van der Waals surface area contributed by atoms with Crippen molar-refractivity contribution in [2.75, 3.05) is 12.3 Å². The van der Waals surface area contributed by atoms with E-state index in [9.17, 15) is 21.6 Å². The molecule has 2 atom stereocenters. The third-order valence-electron chi connectivity index (χ3n) is 3.42. The predicted molar refractivity (Wildman–Crippen MR) is 67.0 cm³/mol. The van der Waals surface area contributed by atoms with Crippen molar-refractivity contribution in [1.82, 2.24) is 4.72 Å². The third-order valence-corrected chi connectivity index (χ3v) is 4.90. The average Bonchev–Trinajstić information content (AvgIpc) is 2.27. The van der Waals surface area contributed by atoms with E-state index in [0.717, 1.165) is 19.3 Å². The molecular weight excluding hydrogens is 281 g/mol. The minimum absolute atomic E-state index is 0.0890. The summed E-state index contributed by atoms with van der Waals surface area (Å²) in [6.07, 6.45) is -2.26. The first-order valence-corrected chi connectivity index (χ1v) is 8.15. The van der Waals surface area contributed by atoms with Crippen LogP contribution in [0, 0.1) is 5.92 Å². The zero-order valence-corrected chi connectivity index (χ0v) is 11.6. The van der Waals surface area contributed by atoms with Gasteiger partial charge in [-0.3, -0.25) is 0 Å². The fourth-order valence-corrected chi connectivity index (χ4v) is 3.81. The maximum atomic E-state index is 12.0. The van der Waals surface area contributed by atoms with Crippen LogP contribution in [-0.4, -0.2) is 32.9 Å². The van der Waals surface area contributed by atoms with E-state index in [-0.39, 0.29) is 12.0 Å². The van der Waals surface area contributed by atoms with Crippen LogP contribution < -0.4 is 10.5 Å². The van der Waals surface area contributed by atoms with Gasteiger partial charge in [0, 0.05) is 12.5 Å². The van der Waals surface area contributed by atoms with Crippen molar-refractivity contribution in [3.63, 3.8) is 0 Å². The Labute approximate surface area is 112 Å². The molecule has 19 heavy (non-hydrogen) atoms. The molecule has 0 aromatic carbocycles. The molecule has 8 heteroatoms. The van der Waals surface area contributed by atoms with E-state index >= 15 is 0 Å². The van der Waals surface area contributed by atoms with Gasteiger partial charge in [-0.15, -0.1) is 0 Å². The third kappa shape index (κ3) is 6.58. The molecule has 3 N–H and O–H groups in total. The molecule has 0 spiro atoms. The predicted octanol–water partition coefficient (Wildman–Crippen LogP) is 1.77. The second-order valence-corrected chi connectivity index (χ2v) is 6.92. The molecule has 1 aliphatic carbocycles. The number of halogens is 3. The first kappa shape index (κ1) is 16.7. The molecule has 4 nitrogen and oxygen atoms in total. The molecule has 1 rings (SSSR count). The van der Waals surface area contributed by atoms with Gasteiger partial charge in [-0.05, 0) is 31.7 Å². The number of alkyl halides is 3. The van der Waals surface area contributed by atoms with E-state index in [0.29, 0.717) is 13.0 Å². The summed E-state index contributed by atoms with van der Waals surface area (Å²) in [5, 5.41) is 0. The van der Waals surface area contributed by atoms with Gasteiger partial charge in [-0.25, -0.2) is 13.1 Å². The summed E-state index contributed by atoms with van der Waals surface area (Å²) in [4.78, 5) is 0. The minimum Gasteiger partial charge on any atom is -0.330 e. The lowest BCUT2D eigenvalue weighted by atomic mass is 9.85. The number of nitrogens with two attached hydrogens (primary N) is 1.